The molecule has 0 N–H and O–H groups in total. The Morgan fingerprint density at radius 2 is 1.90 bits per heavy atom. The lowest BCUT2D eigenvalue weighted by Gasteiger charge is -2.21. The third kappa shape index (κ3) is 4.67. The zero-order chi connectivity index (χ0) is 22.1. The molecule has 1 aromatic carbocycles. The van der Waals surface area contributed by atoms with E-state index in [0.717, 1.165) is 6.26 Å². The minimum Gasteiger partial charge on any atom is -0.491 e. The highest BCUT2D eigenvalue weighted by Crippen LogP contribution is 2.37. The van der Waals surface area contributed by atoms with E-state index < -0.39 is 39.4 Å². The second-order valence-electron chi connectivity index (χ2n) is 7.16. The molecule has 1 atom stereocenters. The summed E-state index contributed by atoms with van der Waals surface area (Å²) in [6, 6.07) is 2.40. The van der Waals surface area contributed by atoms with Crippen LogP contribution in [0.4, 0.5) is 0 Å². The molecule has 1 aromatic rings. The molecular weight excluding hydrogens is 436 g/mol. The number of rotatable bonds is 7. The van der Waals surface area contributed by atoms with Gasteiger partial charge in [-0.05, 0) is 25.5 Å². The molecule has 1 aliphatic heterocycles. The molecule has 1 saturated carbocycles. The van der Waals surface area contributed by atoms with E-state index in [1.165, 1.54) is 18.4 Å². The molecule has 0 saturated heterocycles. The molecule has 1 fully saturated rings. The van der Waals surface area contributed by atoms with Crippen molar-refractivity contribution in [3.63, 3.8) is 0 Å². The van der Waals surface area contributed by atoms with Gasteiger partial charge in [-0.15, -0.1) is 0 Å². The fraction of sp³-hybridized carbons (Fsp3) is 0.450. The first-order valence-electron chi connectivity index (χ1n) is 9.33. The predicted molar refractivity (Wildman–Crippen MR) is 106 cm³/mol. The van der Waals surface area contributed by atoms with E-state index in [9.17, 15) is 22.8 Å². The molecule has 30 heavy (non-hydrogen) atoms. The lowest BCUT2D eigenvalue weighted by Crippen LogP contribution is -2.35. The maximum Gasteiger partial charge on any atom is 0.243 e. The van der Waals surface area contributed by atoms with Gasteiger partial charge in [0.15, 0.2) is 27.2 Å². The van der Waals surface area contributed by atoms with Gasteiger partial charge >= 0.3 is 0 Å². The quantitative estimate of drug-likeness (QED) is 0.454. The Bertz CT molecular complexity index is 1010. The number of ketones is 3. The van der Waals surface area contributed by atoms with Gasteiger partial charge in [0.05, 0.1) is 23.5 Å². The largest absolute Gasteiger partial charge is 0.491 e. The van der Waals surface area contributed by atoms with Crippen molar-refractivity contribution in [3.8, 4) is 5.75 Å². The Morgan fingerprint density at radius 1 is 1.23 bits per heavy atom. The van der Waals surface area contributed by atoms with Gasteiger partial charge in [-0.25, -0.2) is 8.42 Å². The van der Waals surface area contributed by atoms with Gasteiger partial charge in [0.1, 0.15) is 28.7 Å². The first-order valence-corrected chi connectivity index (χ1v) is 11.6. The first kappa shape index (κ1) is 22.3. The fourth-order valence-corrected chi connectivity index (χ4v) is 4.70. The van der Waals surface area contributed by atoms with Crippen LogP contribution in [0, 0.1) is 5.92 Å². The second kappa shape index (κ2) is 8.77. The average molecular weight is 457 g/mol. The SMILES string of the molecule is CC1=COC(CCOc2c(C(=O)C3C(=O)CCCC3=O)ccc(S(C)(=O)=O)c2Cl)O1. The molecule has 8 nitrogen and oxygen atoms in total. The predicted octanol–water partition coefficient (Wildman–Crippen LogP) is 2.87. The third-order valence-corrected chi connectivity index (χ3v) is 6.41. The number of carbonyl (C=O) groups is 3. The lowest BCUT2D eigenvalue weighted by molar-refractivity contribution is -0.133. The lowest BCUT2D eigenvalue weighted by atomic mass is 9.81. The summed E-state index contributed by atoms with van der Waals surface area (Å²) in [5, 5.41) is -0.276. The van der Waals surface area contributed by atoms with Crippen LogP contribution in [0.3, 0.4) is 0 Å². The van der Waals surface area contributed by atoms with Crippen LogP contribution in [0.2, 0.25) is 5.02 Å². The van der Waals surface area contributed by atoms with Crippen LogP contribution in [0.25, 0.3) is 0 Å². The summed E-state index contributed by atoms with van der Waals surface area (Å²) < 4.78 is 40.4. The monoisotopic (exact) mass is 456 g/mol. The van der Waals surface area contributed by atoms with E-state index in [1.54, 1.807) is 6.92 Å². The summed E-state index contributed by atoms with van der Waals surface area (Å²) >= 11 is 6.27. The molecule has 0 spiro atoms. The first-order chi connectivity index (χ1) is 14.1. The van der Waals surface area contributed by atoms with Gasteiger partial charge in [0.2, 0.25) is 6.29 Å². The molecule has 1 heterocycles. The maximum atomic E-state index is 13.0. The van der Waals surface area contributed by atoms with Crippen molar-refractivity contribution in [2.45, 2.75) is 43.8 Å². The average Bonchev–Trinajstić information content (AvgIpc) is 3.06. The molecular formula is C20H21ClO8S. The number of hydrogen-bond donors (Lipinski definition) is 0. The van der Waals surface area contributed by atoms with Crippen LogP contribution in [-0.2, 0) is 28.9 Å². The molecule has 0 aromatic heterocycles. The van der Waals surface area contributed by atoms with Crippen LogP contribution in [0.15, 0.2) is 29.0 Å². The van der Waals surface area contributed by atoms with Gasteiger partial charge in [-0.1, -0.05) is 11.6 Å². The summed E-state index contributed by atoms with van der Waals surface area (Å²) in [5.41, 5.74) is -0.108. The van der Waals surface area contributed by atoms with Gasteiger partial charge in [-0.3, -0.25) is 14.4 Å². The zero-order valence-corrected chi connectivity index (χ0v) is 18.0. The zero-order valence-electron chi connectivity index (χ0n) is 16.5. The van der Waals surface area contributed by atoms with Crippen LogP contribution in [0.5, 0.6) is 5.75 Å². The van der Waals surface area contributed by atoms with Gasteiger partial charge < -0.3 is 14.2 Å². The summed E-state index contributed by atoms with van der Waals surface area (Å²) in [5.74, 6) is -2.66. The van der Waals surface area contributed by atoms with Crippen molar-refractivity contribution in [2.75, 3.05) is 12.9 Å². The summed E-state index contributed by atoms with van der Waals surface area (Å²) in [4.78, 5) is 37.2. The van der Waals surface area contributed by atoms with Crippen LogP contribution in [-0.4, -0.2) is 44.9 Å². The Hall–Kier alpha value is -2.39. The molecule has 2 aliphatic rings. The Balaban J connectivity index is 1.91. The van der Waals surface area contributed by atoms with Crippen molar-refractivity contribution in [1.82, 2.24) is 0 Å². The van der Waals surface area contributed by atoms with Crippen molar-refractivity contribution in [3.05, 3.63) is 34.7 Å². The van der Waals surface area contributed by atoms with Crippen LogP contribution < -0.4 is 4.74 Å². The highest BCUT2D eigenvalue weighted by Gasteiger charge is 2.38. The Labute approximate surface area is 179 Å². The number of Topliss-reactive ketones (excluding diaryl/α,β-unsaturated/α-hetero) is 3. The van der Waals surface area contributed by atoms with Crippen molar-refractivity contribution >= 4 is 38.8 Å². The summed E-state index contributed by atoms with van der Waals surface area (Å²) in [7, 11) is -3.71. The molecule has 0 bridgehead atoms. The van der Waals surface area contributed by atoms with E-state index >= 15 is 0 Å². The van der Waals surface area contributed by atoms with E-state index in [4.69, 9.17) is 25.8 Å². The molecule has 0 amide bonds. The van der Waals surface area contributed by atoms with Gasteiger partial charge in [-0.2, -0.15) is 0 Å². The van der Waals surface area contributed by atoms with E-state index in [1.807, 2.05) is 0 Å². The topological polar surface area (TPSA) is 113 Å². The highest BCUT2D eigenvalue weighted by molar-refractivity contribution is 7.90. The normalized spacial score (nSPS) is 19.8. The summed E-state index contributed by atoms with van der Waals surface area (Å²) in [6.07, 6.45) is 2.80. The second-order valence-corrected chi connectivity index (χ2v) is 9.52. The molecule has 1 unspecified atom stereocenters. The number of ether oxygens (including phenoxy) is 3. The molecule has 0 radical (unpaired) electrons. The standard InChI is InChI=1S/C20H21ClO8S/c1-11-10-28-16(29-11)8-9-27-20-12(6-7-15(18(20)21)30(2,25)26)19(24)17-13(22)4-3-5-14(17)23/h6-7,10,16-17H,3-5,8-9H2,1-2H3. The Morgan fingerprint density at radius 3 is 2.47 bits per heavy atom. The number of benzene rings is 1. The third-order valence-electron chi connectivity index (χ3n) is 4.78. The fourth-order valence-electron chi connectivity index (χ4n) is 3.33. The molecule has 1 aliphatic carbocycles. The van der Waals surface area contributed by atoms with Crippen LogP contribution >= 0.6 is 11.6 Å². The molecule has 162 valence electrons. The maximum absolute atomic E-state index is 13.0. The van der Waals surface area contributed by atoms with Crippen LogP contribution in [0.1, 0.15) is 43.0 Å². The van der Waals surface area contributed by atoms with Crippen molar-refractivity contribution < 1.29 is 37.0 Å². The number of halogens is 1. The highest BCUT2D eigenvalue weighted by atomic mass is 35.5. The number of allylic oxidation sites excluding steroid dienone is 1. The number of sulfone groups is 1. The Kier molecular flexibility index (Phi) is 6.52. The smallest absolute Gasteiger partial charge is 0.243 e. The van der Waals surface area contributed by atoms with E-state index in [2.05, 4.69) is 0 Å². The van der Waals surface area contributed by atoms with Crippen molar-refractivity contribution in [1.29, 1.82) is 0 Å². The van der Waals surface area contributed by atoms with Crippen molar-refractivity contribution in [2.24, 2.45) is 5.92 Å². The van der Waals surface area contributed by atoms with E-state index in [0.29, 0.717) is 12.2 Å². The van der Waals surface area contributed by atoms with Gasteiger partial charge in [0.25, 0.3) is 0 Å². The number of hydrogen-bond acceptors (Lipinski definition) is 8. The summed E-state index contributed by atoms with van der Waals surface area (Å²) in [6.45, 7) is 1.72. The molecule has 10 heteroatoms. The van der Waals surface area contributed by atoms with E-state index in [-0.39, 0.29) is 47.1 Å². The minimum atomic E-state index is -3.71. The number of carbonyl (C=O) groups excluding carboxylic acids is 3. The molecule has 3 rings (SSSR count). The van der Waals surface area contributed by atoms with Gasteiger partial charge in [0, 0.05) is 19.1 Å². The minimum absolute atomic E-state index is 0.00837.